The van der Waals surface area contributed by atoms with Crippen molar-refractivity contribution in [2.45, 2.75) is 25.3 Å². The van der Waals surface area contributed by atoms with Crippen molar-refractivity contribution in [3.8, 4) is 0 Å². The molecule has 2 rings (SSSR count). The molecule has 0 amide bonds. The molecule has 0 N–H and O–H groups in total. The van der Waals surface area contributed by atoms with Gasteiger partial charge in [0.2, 0.25) is 5.69 Å². The quantitative estimate of drug-likeness (QED) is 0.343. The van der Waals surface area contributed by atoms with Crippen LogP contribution in [0.5, 0.6) is 0 Å². The molecule has 1 aliphatic rings. The second-order valence-electron chi connectivity index (χ2n) is 4.92. The van der Waals surface area contributed by atoms with Crippen molar-refractivity contribution in [3.05, 3.63) is 39.0 Å². The zero-order valence-electron chi connectivity index (χ0n) is 12.1. The largest absolute Gasteiger partial charge is 0.464 e. The molecule has 2 heterocycles. The Bertz CT molecular complexity index is 620. The first-order valence-corrected chi connectivity index (χ1v) is 7.59. The molecule has 22 heavy (non-hydrogen) atoms. The van der Waals surface area contributed by atoms with Gasteiger partial charge in [0.15, 0.2) is 0 Å². The van der Waals surface area contributed by atoms with Crippen LogP contribution in [-0.4, -0.2) is 35.6 Å². The lowest BCUT2D eigenvalue weighted by atomic mass is 10.1. The fourth-order valence-electron chi connectivity index (χ4n) is 2.61. The molecular weight excluding hydrogens is 354 g/mol. The van der Waals surface area contributed by atoms with E-state index in [0.717, 1.165) is 25.8 Å². The second-order valence-corrected chi connectivity index (χ2v) is 5.78. The third kappa shape index (κ3) is 3.11. The van der Waals surface area contributed by atoms with Crippen molar-refractivity contribution in [3.63, 3.8) is 0 Å². The van der Waals surface area contributed by atoms with Crippen LogP contribution in [0.2, 0.25) is 0 Å². The highest BCUT2D eigenvalue weighted by Gasteiger charge is 2.31. The van der Waals surface area contributed by atoms with Crippen LogP contribution < -0.4 is 4.90 Å². The molecule has 0 radical (unpaired) electrons. The molecule has 1 aliphatic heterocycles. The number of pyridine rings is 1. The number of nitro groups is 1. The molecule has 0 aliphatic carbocycles. The first-order valence-electron chi connectivity index (χ1n) is 6.80. The third-order valence-corrected chi connectivity index (χ3v) is 4.18. The number of nitrogens with zero attached hydrogens (tertiary/aromatic N) is 3. The summed E-state index contributed by atoms with van der Waals surface area (Å²) in [6.07, 6.45) is 4.62. The molecule has 0 bridgehead atoms. The van der Waals surface area contributed by atoms with Crippen LogP contribution >= 0.6 is 15.9 Å². The van der Waals surface area contributed by atoms with Crippen LogP contribution in [0.15, 0.2) is 23.2 Å². The average Bonchev–Trinajstić information content (AvgIpc) is 2.94. The van der Waals surface area contributed by atoms with Crippen LogP contribution in [0.3, 0.4) is 0 Å². The SMILES string of the molecule is C=CC[C@@H]1CCCN1c1nc(C(=O)OC)c([N+](=O)[O-])cc1Br. The molecule has 0 saturated carbocycles. The van der Waals surface area contributed by atoms with E-state index in [1.165, 1.54) is 13.2 Å². The summed E-state index contributed by atoms with van der Waals surface area (Å²) in [7, 11) is 1.17. The van der Waals surface area contributed by atoms with Crippen molar-refractivity contribution in [2.75, 3.05) is 18.6 Å². The van der Waals surface area contributed by atoms with Gasteiger partial charge < -0.3 is 9.64 Å². The molecule has 1 aromatic heterocycles. The number of rotatable bonds is 5. The minimum atomic E-state index is -0.820. The van der Waals surface area contributed by atoms with Gasteiger partial charge in [0, 0.05) is 18.7 Å². The highest BCUT2D eigenvalue weighted by molar-refractivity contribution is 9.10. The number of anilines is 1. The number of ether oxygens (including phenoxy) is 1. The van der Waals surface area contributed by atoms with Gasteiger partial charge in [-0.15, -0.1) is 6.58 Å². The highest BCUT2D eigenvalue weighted by Crippen LogP contribution is 2.35. The first-order chi connectivity index (χ1) is 10.5. The number of methoxy groups -OCH3 is 1. The summed E-state index contributed by atoms with van der Waals surface area (Å²) in [5, 5.41) is 11.1. The summed E-state index contributed by atoms with van der Waals surface area (Å²) in [6.45, 7) is 4.53. The lowest BCUT2D eigenvalue weighted by Gasteiger charge is -2.26. The van der Waals surface area contributed by atoms with E-state index in [1.807, 2.05) is 11.0 Å². The molecule has 1 atom stereocenters. The van der Waals surface area contributed by atoms with Gasteiger partial charge in [0.1, 0.15) is 5.82 Å². The molecule has 1 saturated heterocycles. The fraction of sp³-hybridized carbons (Fsp3) is 0.429. The minimum Gasteiger partial charge on any atom is -0.464 e. The Morgan fingerprint density at radius 2 is 2.45 bits per heavy atom. The van der Waals surface area contributed by atoms with Gasteiger partial charge in [-0.2, -0.15) is 0 Å². The lowest BCUT2D eigenvalue weighted by Crippen LogP contribution is -2.30. The predicted molar refractivity (Wildman–Crippen MR) is 85.1 cm³/mol. The van der Waals surface area contributed by atoms with Crippen LogP contribution in [0.1, 0.15) is 29.8 Å². The van der Waals surface area contributed by atoms with E-state index in [1.54, 1.807) is 0 Å². The molecule has 0 unspecified atom stereocenters. The zero-order chi connectivity index (χ0) is 16.3. The Labute approximate surface area is 136 Å². The minimum absolute atomic E-state index is 0.230. The topological polar surface area (TPSA) is 85.6 Å². The number of hydrogen-bond acceptors (Lipinski definition) is 6. The van der Waals surface area contributed by atoms with Gasteiger partial charge in [-0.1, -0.05) is 6.08 Å². The normalized spacial score (nSPS) is 17.4. The Morgan fingerprint density at radius 3 is 3.05 bits per heavy atom. The first kappa shape index (κ1) is 16.4. The number of hydrogen-bond donors (Lipinski definition) is 0. The molecule has 0 aromatic carbocycles. The van der Waals surface area contributed by atoms with E-state index in [4.69, 9.17) is 0 Å². The molecule has 7 nitrogen and oxygen atoms in total. The van der Waals surface area contributed by atoms with Crippen LogP contribution in [0.4, 0.5) is 11.5 Å². The summed E-state index contributed by atoms with van der Waals surface area (Å²) in [5.41, 5.74) is -0.656. The van der Waals surface area contributed by atoms with E-state index in [9.17, 15) is 14.9 Å². The van der Waals surface area contributed by atoms with Gasteiger partial charge in [0.05, 0.1) is 16.5 Å². The number of carbonyl (C=O) groups is 1. The Kier molecular flexibility index (Phi) is 5.12. The van der Waals surface area contributed by atoms with Gasteiger partial charge in [-0.3, -0.25) is 10.1 Å². The standard InChI is InChI=1S/C14H16BrN3O4/c1-3-5-9-6-4-7-17(9)13-10(15)8-11(18(20)21)12(16-13)14(19)22-2/h3,8-9H,1,4-7H2,2H3/t9-/m1/s1. The molecule has 0 spiro atoms. The van der Waals surface area contributed by atoms with E-state index in [0.29, 0.717) is 10.3 Å². The monoisotopic (exact) mass is 369 g/mol. The Morgan fingerprint density at radius 1 is 1.73 bits per heavy atom. The third-order valence-electron chi connectivity index (χ3n) is 3.60. The fourth-order valence-corrected chi connectivity index (χ4v) is 3.14. The summed E-state index contributed by atoms with van der Waals surface area (Å²) in [5.74, 6) is -0.296. The van der Waals surface area contributed by atoms with Crippen molar-refractivity contribution in [1.82, 2.24) is 4.98 Å². The summed E-state index contributed by atoms with van der Waals surface area (Å²) >= 11 is 3.32. The Balaban J connectivity index is 2.50. The maximum Gasteiger partial charge on any atom is 0.363 e. The van der Waals surface area contributed by atoms with Gasteiger partial charge in [0.25, 0.3) is 0 Å². The summed E-state index contributed by atoms with van der Waals surface area (Å²) in [6, 6.07) is 1.53. The Hall–Kier alpha value is -1.96. The summed E-state index contributed by atoms with van der Waals surface area (Å²) in [4.78, 5) is 28.5. The molecule has 1 aromatic rings. The van der Waals surface area contributed by atoms with Gasteiger partial charge in [-0.05, 0) is 35.2 Å². The number of esters is 1. The smallest absolute Gasteiger partial charge is 0.363 e. The van der Waals surface area contributed by atoms with Gasteiger partial charge >= 0.3 is 11.7 Å². The van der Waals surface area contributed by atoms with Crippen LogP contribution in [-0.2, 0) is 4.74 Å². The predicted octanol–water partition coefficient (Wildman–Crippen LogP) is 3.08. The second kappa shape index (κ2) is 6.87. The van der Waals surface area contributed by atoms with E-state index in [2.05, 4.69) is 32.2 Å². The van der Waals surface area contributed by atoms with Crippen molar-refractivity contribution in [2.24, 2.45) is 0 Å². The number of halogens is 1. The van der Waals surface area contributed by atoms with Crippen molar-refractivity contribution in [1.29, 1.82) is 0 Å². The van der Waals surface area contributed by atoms with E-state index < -0.39 is 10.9 Å². The number of carbonyl (C=O) groups excluding carboxylic acids is 1. The van der Waals surface area contributed by atoms with E-state index in [-0.39, 0.29) is 17.4 Å². The van der Waals surface area contributed by atoms with E-state index >= 15 is 0 Å². The average molecular weight is 370 g/mol. The number of aromatic nitrogens is 1. The summed E-state index contributed by atoms with van der Waals surface area (Å²) < 4.78 is 5.09. The lowest BCUT2D eigenvalue weighted by molar-refractivity contribution is -0.385. The van der Waals surface area contributed by atoms with Gasteiger partial charge in [-0.25, -0.2) is 9.78 Å². The van der Waals surface area contributed by atoms with Crippen LogP contribution in [0, 0.1) is 10.1 Å². The highest BCUT2D eigenvalue weighted by atomic mass is 79.9. The molecular formula is C14H16BrN3O4. The maximum absolute atomic E-state index is 11.8. The molecule has 8 heteroatoms. The maximum atomic E-state index is 11.8. The molecule has 118 valence electrons. The zero-order valence-corrected chi connectivity index (χ0v) is 13.7. The molecule has 1 fully saturated rings. The van der Waals surface area contributed by atoms with Crippen LogP contribution in [0.25, 0.3) is 0 Å². The van der Waals surface area contributed by atoms with Crippen molar-refractivity contribution < 1.29 is 14.5 Å². The van der Waals surface area contributed by atoms with Crippen molar-refractivity contribution >= 4 is 33.4 Å².